The van der Waals surface area contributed by atoms with Crippen molar-refractivity contribution in [2.24, 2.45) is 0 Å². The lowest BCUT2D eigenvalue weighted by Gasteiger charge is -2.25. The Bertz CT molecular complexity index is 1110. The van der Waals surface area contributed by atoms with Gasteiger partial charge in [0.25, 0.3) is 0 Å². The third kappa shape index (κ3) is 42.1. The van der Waals surface area contributed by atoms with Crippen molar-refractivity contribution in [1.82, 2.24) is 5.32 Å². The Hall–Kier alpha value is -1.80. The van der Waals surface area contributed by atoms with Crippen LogP contribution in [0.25, 0.3) is 0 Å². The maximum Gasteiger partial charge on any atom is 0.472 e. The summed E-state index contributed by atoms with van der Waals surface area (Å²) in [5.74, 6) is -0.185. The number of rotatable bonds is 41. The standard InChI is InChI=1S/C48H89N2O6P/c1-6-8-10-12-14-15-16-17-18-19-20-21-22-23-24-25-26-27-28-29-30-31-32-33-34-35-36-38-40-42-48(52)49-46(47(51)41-39-37-13-11-9-7-2)45-56-57(53,54)55-44-43-50(3,4)5/h8,10,14-15,17-18,20-21,39,41,46-47,51H,6-7,9,11-13,16,19,22-38,40,42-45H2,1-5H3,(H-,49,52,53,54)/p+1/b10-8-,15-14-,18-17-,21-20-,41-39+. The number of nitrogens with zero attached hydrogens (tertiary/aromatic N) is 1. The van der Waals surface area contributed by atoms with Gasteiger partial charge in [-0.3, -0.25) is 13.8 Å². The van der Waals surface area contributed by atoms with E-state index in [1.54, 1.807) is 6.08 Å². The molecule has 1 amide bonds. The molecule has 8 nitrogen and oxygen atoms in total. The zero-order chi connectivity index (χ0) is 42.1. The summed E-state index contributed by atoms with van der Waals surface area (Å²) in [4.78, 5) is 23.0. The Morgan fingerprint density at radius 2 is 1.05 bits per heavy atom. The van der Waals surface area contributed by atoms with E-state index in [4.69, 9.17) is 9.05 Å². The first-order valence-electron chi connectivity index (χ1n) is 23.2. The normalized spacial score (nSPS) is 14.9. The van der Waals surface area contributed by atoms with Crippen molar-refractivity contribution < 1.29 is 32.9 Å². The van der Waals surface area contributed by atoms with Crippen LogP contribution in [0.1, 0.15) is 187 Å². The maximum absolute atomic E-state index is 12.8. The monoisotopic (exact) mass is 822 g/mol. The number of carbonyl (C=O) groups is 1. The molecule has 0 aliphatic rings. The minimum Gasteiger partial charge on any atom is -0.387 e. The molecule has 3 atom stereocenters. The van der Waals surface area contributed by atoms with E-state index in [0.717, 1.165) is 70.6 Å². The summed E-state index contributed by atoms with van der Waals surface area (Å²) in [6.07, 6.45) is 52.0. The van der Waals surface area contributed by atoms with Gasteiger partial charge in [-0.2, -0.15) is 0 Å². The number of aliphatic hydroxyl groups is 1. The van der Waals surface area contributed by atoms with Crippen LogP contribution in [0.2, 0.25) is 0 Å². The number of allylic oxidation sites excluding steroid dienone is 9. The maximum atomic E-state index is 12.8. The summed E-state index contributed by atoms with van der Waals surface area (Å²) < 4.78 is 23.4. The molecule has 3 N–H and O–H groups in total. The fourth-order valence-corrected chi connectivity index (χ4v) is 7.06. The number of carbonyl (C=O) groups excluding carboxylic acids is 1. The largest absolute Gasteiger partial charge is 0.472 e. The van der Waals surface area contributed by atoms with Gasteiger partial charge in [0.2, 0.25) is 5.91 Å². The molecule has 0 bridgehead atoms. The lowest BCUT2D eigenvalue weighted by atomic mass is 10.0. The van der Waals surface area contributed by atoms with E-state index in [-0.39, 0.29) is 19.1 Å². The Balaban J connectivity index is 3.96. The van der Waals surface area contributed by atoms with Crippen molar-refractivity contribution in [3.8, 4) is 0 Å². The van der Waals surface area contributed by atoms with Crippen molar-refractivity contribution in [3.63, 3.8) is 0 Å². The van der Waals surface area contributed by atoms with Crippen molar-refractivity contribution in [2.75, 3.05) is 40.9 Å². The predicted octanol–water partition coefficient (Wildman–Crippen LogP) is 13.0. The zero-order valence-electron chi connectivity index (χ0n) is 37.6. The summed E-state index contributed by atoms with van der Waals surface area (Å²) in [5.41, 5.74) is 0. The summed E-state index contributed by atoms with van der Waals surface area (Å²) in [6, 6.07) is -0.843. The van der Waals surface area contributed by atoms with Crippen LogP contribution in [0.15, 0.2) is 60.8 Å². The predicted molar refractivity (Wildman–Crippen MR) is 244 cm³/mol. The van der Waals surface area contributed by atoms with E-state index in [0.29, 0.717) is 17.4 Å². The zero-order valence-corrected chi connectivity index (χ0v) is 38.5. The molecule has 0 fully saturated rings. The molecule has 0 heterocycles. The quantitative estimate of drug-likeness (QED) is 0.0245. The fraction of sp³-hybridized carbons (Fsp3) is 0.771. The lowest BCUT2D eigenvalue weighted by Crippen LogP contribution is -2.45. The minimum atomic E-state index is -4.33. The van der Waals surface area contributed by atoms with Crippen LogP contribution in [0.3, 0.4) is 0 Å². The average Bonchev–Trinajstić information content (AvgIpc) is 3.16. The Morgan fingerprint density at radius 3 is 1.54 bits per heavy atom. The van der Waals surface area contributed by atoms with Gasteiger partial charge in [-0.05, 0) is 57.8 Å². The number of amides is 1. The van der Waals surface area contributed by atoms with Gasteiger partial charge >= 0.3 is 7.82 Å². The molecule has 0 aromatic rings. The first-order valence-corrected chi connectivity index (χ1v) is 24.7. The second-order valence-electron chi connectivity index (χ2n) is 16.8. The van der Waals surface area contributed by atoms with Gasteiger partial charge in [0, 0.05) is 6.42 Å². The molecule has 0 radical (unpaired) electrons. The highest BCUT2D eigenvalue weighted by atomic mass is 31.2. The summed E-state index contributed by atoms with van der Waals surface area (Å²) in [7, 11) is 1.56. The Labute approximate surface area is 351 Å². The molecule has 57 heavy (non-hydrogen) atoms. The number of nitrogens with one attached hydrogen (secondary N) is 1. The van der Waals surface area contributed by atoms with Crippen molar-refractivity contribution in [1.29, 1.82) is 0 Å². The van der Waals surface area contributed by atoms with Crippen LogP contribution in [0.5, 0.6) is 0 Å². The van der Waals surface area contributed by atoms with E-state index in [9.17, 15) is 19.4 Å². The molecule has 0 aliphatic heterocycles. The summed E-state index contributed by atoms with van der Waals surface area (Å²) >= 11 is 0. The third-order valence-corrected chi connectivity index (χ3v) is 11.0. The molecule has 0 aromatic heterocycles. The number of hydrogen-bond donors (Lipinski definition) is 3. The van der Waals surface area contributed by atoms with Crippen LogP contribution in [-0.2, 0) is 18.4 Å². The highest BCUT2D eigenvalue weighted by Gasteiger charge is 2.27. The van der Waals surface area contributed by atoms with Gasteiger partial charge in [0.15, 0.2) is 0 Å². The van der Waals surface area contributed by atoms with Crippen LogP contribution < -0.4 is 5.32 Å². The molecule has 3 unspecified atom stereocenters. The molecule has 332 valence electrons. The van der Waals surface area contributed by atoms with Crippen LogP contribution in [0.4, 0.5) is 0 Å². The molecule has 0 rings (SSSR count). The second kappa shape index (κ2) is 39.6. The molecule has 0 saturated carbocycles. The van der Waals surface area contributed by atoms with Crippen molar-refractivity contribution >= 4 is 13.7 Å². The van der Waals surface area contributed by atoms with E-state index >= 15 is 0 Å². The SMILES string of the molecule is CC/C=C\C/C=C\C/C=C\C/C=C\CCCCCCCCCCCCCCCCCCC(=O)NC(COP(=O)(O)OCC[N+](C)(C)C)C(O)/C=C/CCCCCC. The summed E-state index contributed by atoms with van der Waals surface area (Å²) in [6.45, 7) is 4.61. The molecule has 0 saturated heterocycles. The molecular weight excluding hydrogens is 732 g/mol. The van der Waals surface area contributed by atoms with E-state index in [2.05, 4.69) is 67.8 Å². The highest BCUT2D eigenvalue weighted by Crippen LogP contribution is 2.43. The second-order valence-corrected chi connectivity index (χ2v) is 18.2. The lowest BCUT2D eigenvalue weighted by molar-refractivity contribution is -0.870. The number of phosphoric acid groups is 1. The first kappa shape index (κ1) is 55.2. The van der Waals surface area contributed by atoms with Gasteiger partial charge in [-0.25, -0.2) is 4.57 Å². The van der Waals surface area contributed by atoms with Gasteiger partial charge in [-0.15, -0.1) is 0 Å². The highest BCUT2D eigenvalue weighted by molar-refractivity contribution is 7.47. The number of phosphoric ester groups is 1. The molecule has 0 aromatic carbocycles. The molecule has 0 aliphatic carbocycles. The van der Waals surface area contributed by atoms with Crippen molar-refractivity contribution in [2.45, 2.75) is 199 Å². The topological polar surface area (TPSA) is 105 Å². The van der Waals surface area contributed by atoms with Crippen LogP contribution in [-0.4, -0.2) is 73.4 Å². The number of aliphatic hydroxyl groups excluding tert-OH is 1. The third-order valence-electron chi connectivity index (χ3n) is 9.99. The van der Waals surface area contributed by atoms with Crippen LogP contribution in [0, 0.1) is 0 Å². The molecule has 9 heteroatoms. The molecular formula is C48H90N2O6P+. The molecule has 0 spiro atoms. The van der Waals surface area contributed by atoms with Crippen LogP contribution >= 0.6 is 7.82 Å². The van der Waals surface area contributed by atoms with E-state index < -0.39 is 20.0 Å². The number of unbranched alkanes of at least 4 members (excludes halogenated alkanes) is 20. The number of hydrogen-bond acceptors (Lipinski definition) is 5. The Kier molecular flexibility index (Phi) is 38.4. The number of quaternary nitrogens is 1. The van der Waals surface area contributed by atoms with E-state index in [1.165, 1.54) is 96.3 Å². The van der Waals surface area contributed by atoms with Crippen molar-refractivity contribution in [3.05, 3.63) is 60.8 Å². The fourth-order valence-electron chi connectivity index (χ4n) is 6.33. The number of likely N-dealkylation sites (N-methyl/N-ethyl adjacent to an activating group) is 1. The average molecular weight is 822 g/mol. The van der Waals surface area contributed by atoms with Gasteiger partial charge < -0.3 is 19.8 Å². The van der Waals surface area contributed by atoms with Gasteiger partial charge in [0.05, 0.1) is 39.9 Å². The minimum absolute atomic E-state index is 0.0596. The first-order chi connectivity index (χ1) is 27.5. The Morgan fingerprint density at radius 1 is 0.614 bits per heavy atom. The smallest absolute Gasteiger partial charge is 0.387 e. The van der Waals surface area contributed by atoms with Gasteiger partial charge in [-0.1, -0.05) is 184 Å². The van der Waals surface area contributed by atoms with E-state index in [1.807, 2.05) is 27.2 Å². The summed E-state index contributed by atoms with van der Waals surface area (Å²) in [5, 5.41) is 13.7. The van der Waals surface area contributed by atoms with Gasteiger partial charge in [0.1, 0.15) is 13.2 Å².